The number of nitrogens with zero attached hydrogens (tertiary/aromatic N) is 3. The lowest BCUT2D eigenvalue weighted by Crippen LogP contribution is -2.22. The van der Waals surface area contributed by atoms with Gasteiger partial charge in [0.25, 0.3) is 0 Å². The monoisotopic (exact) mass is 361 g/mol. The van der Waals surface area contributed by atoms with Gasteiger partial charge < -0.3 is 10.0 Å². The largest absolute Gasteiger partial charge is 0.395 e. The Morgan fingerprint density at radius 1 is 1.17 bits per heavy atom. The predicted molar refractivity (Wildman–Crippen MR) is 102 cm³/mol. The lowest BCUT2D eigenvalue weighted by atomic mass is 9.99. The summed E-state index contributed by atoms with van der Waals surface area (Å²) in [5, 5.41) is 10.5. The molecule has 126 valence electrons. The quantitative estimate of drug-likeness (QED) is 0.701. The Labute approximate surface area is 150 Å². The maximum Gasteiger partial charge on any atom is 0.225 e. The van der Waals surface area contributed by atoms with E-state index >= 15 is 0 Å². The molecule has 0 aliphatic carbocycles. The Balaban J connectivity index is 2.31. The van der Waals surface area contributed by atoms with Gasteiger partial charge in [0.05, 0.1) is 12.0 Å². The first kappa shape index (κ1) is 17.1. The van der Waals surface area contributed by atoms with Gasteiger partial charge in [-0.25, -0.2) is 4.98 Å². The number of hydrogen-bond donors (Lipinski definition) is 1. The van der Waals surface area contributed by atoms with Crippen molar-refractivity contribution in [1.82, 2.24) is 9.97 Å². The van der Waals surface area contributed by atoms with Crippen LogP contribution in [0.25, 0.3) is 21.3 Å². The second-order valence-corrected chi connectivity index (χ2v) is 7.52. The van der Waals surface area contributed by atoms with Gasteiger partial charge in [0.1, 0.15) is 10.6 Å². The van der Waals surface area contributed by atoms with Crippen LogP contribution in [-0.4, -0.2) is 35.3 Å². The third-order valence-corrected chi connectivity index (χ3v) is 5.44. The third kappa shape index (κ3) is 2.99. The van der Waals surface area contributed by atoms with Gasteiger partial charge in [-0.3, -0.25) is 0 Å². The SMILES string of the molecule is Cc1ccc(-c2c(C)sc3nc(Cl)nc(N(C)CCO)c23)cc1C. The molecular formula is C18H20ClN3OS. The first-order valence-electron chi connectivity index (χ1n) is 7.78. The number of rotatable bonds is 4. The van der Waals surface area contributed by atoms with E-state index in [1.807, 2.05) is 11.9 Å². The van der Waals surface area contributed by atoms with E-state index in [4.69, 9.17) is 11.6 Å². The Kier molecular flexibility index (Phi) is 4.76. The van der Waals surface area contributed by atoms with Crippen molar-refractivity contribution in [2.45, 2.75) is 20.8 Å². The van der Waals surface area contributed by atoms with E-state index < -0.39 is 0 Å². The molecule has 3 aromatic rings. The fraction of sp³-hybridized carbons (Fsp3) is 0.333. The van der Waals surface area contributed by atoms with Crippen LogP contribution in [0.5, 0.6) is 0 Å². The average Bonchev–Trinajstić information content (AvgIpc) is 2.85. The standard InChI is InChI=1S/C18H20ClN3OS/c1-10-5-6-13(9-11(10)2)14-12(3)24-17-15(14)16(20-18(19)21-17)22(4)7-8-23/h5-6,9,23H,7-8H2,1-4H3. The molecule has 0 atom stereocenters. The van der Waals surface area contributed by atoms with Gasteiger partial charge in [-0.2, -0.15) is 4.98 Å². The summed E-state index contributed by atoms with van der Waals surface area (Å²) in [7, 11) is 1.91. The Morgan fingerprint density at radius 3 is 2.58 bits per heavy atom. The minimum atomic E-state index is 0.0572. The fourth-order valence-corrected chi connectivity index (χ4v) is 4.10. The molecule has 0 radical (unpaired) electrons. The summed E-state index contributed by atoms with van der Waals surface area (Å²) in [4.78, 5) is 12.8. The van der Waals surface area contributed by atoms with E-state index in [1.165, 1.54) is 16.0 Å². The third-order valence-electron chi connectivity index (χ3n) is 4.27. The molecule has 0 amide bonds. The Bertz CT molecular complexity index is 907. The molecule has 0 spiro atoms. The Hall–Kier alpha value is -1.69. The highest BCUT2D eigenvalue weighted by Crippen LogP contribution is 2.42. The van der Waals surface area contributed by atoms with Crippen LogP contribution in [0.3, 0.4) is 0 Å². The molecule has 2 heterocycles. The van der Waals surface area contributed by atoms with Gasteiger partial charge in [-0.1, -0.05) is 18.2 Å². The minimum Gasteiger partial charge on any atom is -0.395 e. The average molecular weight is 362 g/mol. The maximum absolute atomic E-state index is 9.28. The van der Waals surface area contributed by atoms with E-state index in [0.29, 0.717) is 6.54 Å². The van der Waals surface area contributed by atoms with Crippen LogP contribution < -0.4 is 4.90 Å². The molecule has 2 aromatic heterocycles. The summed E-state index contributed by atoms with van der Waals surface area (Å²) < 4.78 is 0. The van der Waals surface area contributed by atoms with Crippen molar-refractivity contribution in [2.24, 2.45) is 0 Å². The number of benzene rings is 1. The zero-order valence-electron chi connectivity index (χ0n) is 14.2. The lowest BCUT2D eigenvalue weighted by Gasteiger charge is -2.18. The molecule has 24 heavy (non-hydrogen) atoms. The van der Waals surface area contributed by atoms with Crippen LogP contribution in [0.2, 0.25) is 5.28 Å². The smallest absolute Gasteiger partial charge is 0.225 e. The van der Waals surface area contributed by atoms with Gasteiger partial charge in [0.15, 0.2) is 0 Å². The number of hydrogen-bond acceptors (Lipinski definition) is 5. The number of aromatic nitrogens is 2. The fourth-order valence-electron chi connectivity index (χ4n) is 2.84. The molecular weight excluding hydrogens is 342 g/mol. The number of aliphatic hydroxyl groups excluding tert-OH is 1. The molecule has 0 fully saturated rings. The molecule has 0 unspecified atom stereocenters. The maximum atomic E-state index is 9.28. The van der Waals surface area contributed by atoms with Gasteiger partial charge >= 0.3 is 0 Å². The van der Waals surface area contributed by atoms with Gasteiger partial charge in [-0.15, -0.1) is 11.3 Å². The van der Waals surface area contributed by atoms with E-state index in [2.05, 4.69) is 48.9 Å². The highest BCUT2D eigenvalue weighted by molar-refractivity contribution is 7.19. The van der Waals surface area contributed by atoms with Gasteiger partial charge in [-0.05, 0) is 49.1 Å². The number of halogens is 1. The summed E-state index contributed by atoms with van der Waals surface area (Å²) in [5.41, 5.74) is 4.83. The molecule has 4 nitrogen and oxygen atoms in total. The first-order valence-corrected chi connectivity index (χ1v) is 8.98. The number of anilines is 1. The number of likely N-dealkylation sites (N-methyl/N-ethyl adjacent to an activating group) is 1. The molecule has 1 aromatic carbocycles. The van der Waals surface area contributed by atoms with Crippen molar-refractivity contribution in [3.8, 4) is 11.1 Å². The summed E-state index contributed by atoms with van der Waals surface area (Å²) >= 11 is 7.74. The van der Waals surface area contributed by atoms with E-state index in [-0.39, 0.29) is 11.9 Å². The van der Waals surface area contributed by atoms with Crippen LogP contribution in [0.15, 0.2) is 18.2 Å². The number of thiophene rings is 1. The molecule has 6 heteroatoms. The van der Waals surface area contributed by atoms with E-state index in [1.54, 1.807) is 11.3 Å². The summed E-state index contributed by atoms with van der Waals surface area (Å²) in [6.07, 6.45) is 0. The molecule has 0 saturated heterocycles. The number of aryl methyl sites for hydroxylation is 3. The summed E-state index contributed by atoms with van der Waals surface area (Å²) in [5.74, 6) is 0.761. The molecule has 0 aliphatic rings. The lowest BCUT2D eigenvalue weighted by molar-refractivity contribution is 0.304. The molecule has 0 bridgehead atoms. The van der Waals surface area contributed by atoms with Crippen LogP contribution in [0, 0.1) is 20.8 Å². The van der Waals surface area contributed by atoms with Crippen LogP contribution in [-0.2, 0) is 0 Å². The van der Waals surface area contributed by atoms with Gasteiger partial charge in [0, 0.05) is 24.0 Å². The topological polar surface area (TPSA) is 49.2 Å². The Morgan fingerprint density at radius 2 is 1.92 bits per heavy atom. The first-order chi connectivity index (χ1) is 11.4. The summed E-state index contributed by atoms with van der Waals surface area (Å²) in [6.45, 7) is 6.88. The summed E-state index contributed by atoms with van der Waals surface area (Å²) in [6, 6.07) is 6.48. The number of aliphatic hydroxyl groups is 1. The van der Waals surface area contributed by atoms with Crippen molar-refractivity contribution in [3.05, 3.63) is 39.5 Å². The van der Waals surface area contributed by atoms with Crippen LogP contribution in [0.4, 0.5) is 5.82 Å². The highest BCUT2D eigenvalue weighted by Gasteiger charge is 2.20. The number of fused-ring (bicyclic) bond motifs is 1. The normalized spacial score (nSPS) is 11.2. The van der Waals surface area contributed by atoms with Crippen molar-refractivity contribution < 1.29 is 5.11 Å². The van der Waals surface area contributed by atoms with Crippen LogP contribution >= 0.6 is 22.9 Å². The second-order valence-electron chi connectivity index (χ2n) is 5.97. The van der Waals surface area contributed by atoms with Gasteiger partial charge in [0.2, 0.25) is 5.28 Å². The minimum absolute atomic E-state index is 0.0572. The molecule has 1 N–H and O–H groups in total. The van der Waals surface area contributed by atoms with Crippen molar-refractivity contribution in [3.63, 3.8) is 0 Å². The molecule has 0 saturated carbocycles. The van der Waals surface area contributed by atoms with Crippen molar-refractivity contribution >= 4 is 39.0 Å². The van der Waals surface area contributed by atoms with Crippen LogP contribution in [0.1, 0.15) is 16.0 Å². The van der Waals surface area contributed by atoms with Crippen molar-refractivity contribution in [2.75, 3.05) is 25.1 Å². The van der Waals surface area contributed by atoms with Crippen molar-refractivity contribution in [1.29, 1.82) is 0 Å². The predicted octanol–water partition coefficient (Wildman–Crippen LogP) is 4.37. The molecule has 0 aliphatic heterocycles. The molecule has 3 rings (SSSR count). The zero-order chi connectivity index (χ0) is 17.4. The van der Waals surface area contributed by atoms with E-state index in [9.17, 15) is 5.11 Å². The van der Waals surface area contributed by atoms with E-state index in [0.717, 1.165) is 27.2 Å². The second kappa shape index (κ2) is 6.67. The zero-order valence-corrected chi connectivity index (χ0v) is 15.8. The highest BCUT2D eigenvalue weighted by atomic mass is 35.5.